The fraction of sp³-hybridized carbons (Fsp3) is 0.481. The van der Waals surface area contributed by atoms with Crippen LogP contribution in [0.1, 0.15) is 37.7 Å². The van der Waals surface area contributed by atoms with Gasteiger partial charge in [0.2, 0.25) is 17.7 Å². The van der Waals surface area contributed by atoms with E-state index < -0.39 is 53.8 Å². The molecule has 0 aliphatic heterocycles. The van der Waals surface area contributed by atoms with E-state index in [0.717, 1.165) is 10.9 Å². The lowest BCUT2D eigenvalue weighted by atomic mass is 10.0. The second kappa shape index (κ2) is 17.6. The molecule has 3 amide bonds. The number of benzene rings is 1. The Hall–Kier alpha value is -4.31. The molecule has 0 saturated heterocycles. The summed E-state index contributed by atoms with van der Waals surface area (Å²) in [5.41, 5.74) is 18.1. The van der Waals surface area contributed by atoms with E-state index in [0.29, 0.717) is 11.3 Å². The normalized spacial score (nSPS) is 13.7. The molecule has 0 aliphatic carbocycles. The van der Waals surface area contributed by atoms with Crippen LogP contribution in [0.25, 0.3) is 10.9 Å². The summed E-state index contributed by atoms with van der Waals surface area (Å²) in [5.74, 6) is -4.18. The number of nitrogens with two attached hydrogens (primary N) is 3. The van der Waals surface area contributed by atoms with Crippen LogP contribution < -0.4 is 33.2 Å². The molecular formula is C27H40N8O7S. The summed E-state index contributed by atoms with van der Waals surface area (Å²) >= 11 is 1.43. The molecule has 12 N–H and O–H groups in total. The zero-order chi connectivity index (χ0) is 31.9. The van der Waals surface area contributed by atoms with Crippen molar-refractivity contribution < 1.29 is 34.2 Å². The van der Waals surface area contributed by atoms with Gasteiger partial charge >= 0.3 is 11.9 Å². The van der Waals surface area contributed by atoms with Crippen molar-refractivity contribution in [3.8, 4) is 0 Å². The number of carboxylic acids is 2. The first-order chi connectivity index (χ1) is 20.4. The fourth-order valence-electron chi connectivity index (χ4n) is 4.23. The minimum atomic E-state index is -1.21. The number of aromatic nitrogens is 1. The number of amides is 3. The Bertz CT molecular complexity index is 1300. The highest BCUT2D eigenvalue weighted by atomic mass is 32.2. The van der Waals surface area contributed by atoms with E-state index in [2.05, 4.69) is 25.9 Å². The van der Waals surface area contributed by atoms with Crippen LogP contribution in [0.4, 0.5) is 0 Å². The molecule has 15 nitrogen and oxygen atoms in total. The van der Waals surface area contributed by atoms with Crippen LogP contribution in [0.5, 0.6) is 0 Å². The van der Waals surface area contributed by atoms with Crippen LogP contribution in [0.2, 0.25) is 0 Å². The first kappa shape index (κ1) is 34.9. The average molecular weight is 621 g/mol. The Morgan fingerprint density at radius 1 is 0.930 bits per heavy atom. The Kier molecular flexibility index (Phi) is 14.3. The number of H-pyrrole nitrogens is 1. The summed E-state index contributed by atoms with van der Waals surface area (Å²) in [5, 5.41) is 27.1. The Morgan fingerprint density at radius 2 is 1.58 bits per heavy atom. The smallest absolute Gasteiger partial charge is 0.326 e. The van der Waals surface area contributed by atoms with E-state index in [1.807, 2.05) is 30.5 Å². The maximum absolute atomic E-state index is 13.5. The van der Waals surface area contributed by atoms with E-state index in [4.69, 9.17) is 22.3 Å². The van der Waals surface area contributed by atoms with Crippen molar-refractivity contribution in [1.29, 1.82) is 0 Å². The van der Waals surface area contributed by atoms with E-state index in [1.165, 1.54) is 11.8 Å². The van der Waals surface area contributed by atoms with Crippen molar-refractivity contribution in [2.45, 2.75) is 62.7 Å². The molecular weight excluding hydrogens is 580 g/mol. The van der Waals surface area contributed by atoms with Crippen LogP contribution in [0.3, 0.4) is 0 Å². The van der Waals surface area contributed by atoms with Gasteiger partial charge in [-0.1, -0.05) is 18.2 Å². The third-order valence-electron chi connectivity index (χ3n) is 6.54. The molecule has 2 aromatic rings. The van der Waals surface area contributed by atoms with Gasteiger partial charge in [0.1, 0.15) is 18.1 Å². The number of hydrogen-bond acceptors (Lipinski definition) is 8. The molecule has 4 unspecified atom stereocenters. The highest BCUT2D eigenvalue weighted by Gasteiger charge is 2.31. The fourth-order valence-corrected chi connectivity index (χ4v) is 4.70. The van der Waals surface area contributed by atoms with Crippen molar-refractivity contribution in [2.24, 2.45) is 22.2 Å². The largest absolute Gasteiger partial charge is 0.481 e. The summed E-state index contributed by atoms with van der Waals surface area (Å²) in [6, 6.07) is 2.61. The van der Waals surface area contributed by atoms with Crippen LogP contribution in [-0.4, -0.2) is 93.5 Å². The summed E-state index contributed by atoms with van der Waals surface area (Å²) in [7, 11) is 0. The Labute approximate surface area is 252 Å². The minimum absolute atomic E-state index is 0.0171. The number of carbonyl (C=O) groups is 5. The van der Waals surface area contributed by atoms with E-state index >= 15 is 0 Å². The standard InChI is InChI=1S/C27H40N8O7S/c1-43-12-10-20(26(41)42)34-25(40)21(13-15-14-32-18-6-3-2-5-16(15)18)35-24(39)19(7-4-11-31-27(29)30)33-23(38)17(28)8-9-22(36)37/h2-3,5-6,14,17,19-21,32H,4,7-13,28H2,1H3,(H,33,38)(H,34,40)(H,35,39)(H,36,37)(H,41,42)(H4,29,30,31). The molecule has 1 heterocycles. The number of carbonyl (C=O) groups excluding carboxylic acids is 3. The van der Waals surface area contributed by atoms with Crippen molar-refractivity contribution in [3.63, 3.8) is 0 Å². The second-order valence-corrected chi connectivity index (χ2v) is 10.8. The number of aliphatic imine (C=N–C) groups is 1. The van der Waals surface area contributed by atoms with Gasteiger partial charge in [-0.2, -0.15) is 11.8 Å². The SMILES string of the molecule is CSCCC(NC(=O)C(Cc1c[nH]c2ccccc12)NC(=O)C(CCCN=C(N)N)NC(=O)C(N)CCC(=O)O)C(=O)O. The predicted molar refractivity (Wildman–Crippen MR) is 163 cm³/mol. The highest BCUT2D eigenvalue weighted by Crippen LogP contribution is 2.19. The molecule has 0 fully saturated rings. The van der Waals surface area contributed by atoms with Crippen molar-refractivity contribution >= 4 is 58.3 Å². The molecule has 16 heteroatoms. The van der Waals surface area contributed by atoms with Gasteiger partial charge in [0.25, 0.3) is 0 Å². The molecule has 1 aromatic heterocycles. The number of hydrogen-bond donors (Lipinski definition) is 9. The zero-order valence-corrected chi connectivity index (χ0v) is 24.7. The highest BCUT2D eigenvalue weighted by molar-refractivity contribution is 7.98. The summed E-state index contributed by atoms with van der Waals surface area (Å²) < 4.78 is 0. The van der Waals surface area contributed by atoms with Crippen molar-refractivity contribution in [3.05, 3.63) is 36.0 Å². The molecule has 43 heavy (non-hydrogen) atoms. The maximum Gasteiger partial charge on any atom is 0.326 e. The number of nitrogens with one attached hydrogen (secondary N) is 4. The number of carboxylic acid groups (broad SMARTS) is 2. The number of aromatic amines is 1. The topological polar surface area (TPSA) is 268 Å². The molecule has 0 saturated carbocycles. The average Bonchev–Trinajstić information content (AvgIpc) is 3.37. The first-order valence-electron chi connectivity index (χ1n) is 13.6. The van der Waals surface area contributed by atoms with E-state index in [-0.39, 0.29) is 51.0 Å². The third kappa shape index (κ3) is 11.8. The van der Waals surface area contributed by atoms with Gasteiger partial charge in [0.05, 0.1) is 6.04 Å². The molecule has 0 spiro atoms. The maximum atomic E-state index is 13.5. The van der Waals surface area contributed by atoms with Gasteiger partial charge in [0.15, 0.2) is 5.96 Å². The quantitative estimate of drug-likeness (QED) is 0.0535. The molecule has 0 aliphatic rings. The lowest BCUT2D eigenvalue weighted by Gasteiger charge is -2.25. The van der Waals surface area contributed by atoms with Gasteiger partial charge in [-0.05, 0) is 49.3 Å². The second-order valence-electron chi connectivity index (χ2n) is 9.85. The van der Waals surface area contributed by atoms with Gasteiger partial charge in [-0.25, -0.2) is 4.79 Å². The van der Waals surface area contributed by atoms with E-state index in [9.17, 15) is 29.1 Å². The number of para-hydroxylation sites is 1. The van der Waals surface area contributed by atoms with Gasteiger partial charge in [-0.3, -0.25) is 24.2 Å². The lowest BCUT2D eigenvalue weighted by Crippen LogP contribution is -2.57. The molecule has 1 aromatic carbocycles. The molecule has 0 radical (unpaired) electrons. The monoisotopic (exact) mass is 620 g/mol. The first-order valence-corrected chi connectivity index (χ1v) is 15.0. The van der Waals surface area contributed by atoms with Crippen LogP contribution in [-0.2, 0) is 30.4 Å². The van der Waals surface area contributed by atoms with Crippen LogP contribution >= 0.6 is 11.8 Å². The molecule has 0 bridgehead atoms. The predicted octanol–water partition coefficient (Wildman–Crippen LogP) is -0.752. The zero-order valence-electron chi connectivity index (χ0n) is 23.9. The Balaban J connectivity index is 2.31. The number of thioether (sulfide) groups is 1. The molecule has 4 atom stereocenters. The van der Waals surface area contributed by atoms with Crippen molar-refractivity contribution in [2.75, 3.05) is 18.6 Å². The third-order valence-corrected chi connectivity index (χ3v) is 7.19. The number of fused-ring (bicyclic) bond motifs is 1. The summed E-state index contributed by atoms with van der Waals surface area (Å²) in [6.45, 7) is 0.155. The number of guanidine groups is 1. The minimum Gasteiger partial charge on any atom is -0.481 e. The number of aliphatic carboxylic acids is 2. The Morgan fingerprint density at radius 3 is 2.23 bits per heavy atom. The number of nitrogens with zero attached hydrogens (tertiary/aromatic N) is 1. The molecule has 2 rings (SSSR count). The van der Waals surface area contributed by atoms with Crippen LogP contribution in [0.15, 0.2) is 35.5 Å². The van der Waals surface area contributed by atoms with E-state index in [1.54, 1.807) is 6.20 Å². The molecule has 236 valence electrons. The lowest BCUT2D eigenvalue weighted by molar-refractivity contribution is -0.142. The summed E-state index contributed by atoms with van der Waals surface area (Å²) in [4.78, 5) is 69.4. The van der Waals surface area contributed by atoms with Crippen LogP contribution in [0, 0.1) is 0 Å². The van der Waals surface area contributed by atoms with Gasteiger partial charge in [-0.15, -0.1) is 0 Å². The number of rotatable bonds is 19. The van der Waals surface area contributed by atoms with Crippen molar-refractivity contribution in [1.82, 2.24) is 20.9 Å². The summed E-state index contributed by atoms with van der Waals surface area (Å²) in [6.07, 6.45) is 3.55. The van der Waals surface area contributed by atoms with Gasteiger partial charge < -0.3 is 48.3 Å². The van der Waals surface area contributed by atoms with Gasteiger partial charge in [0, 0.05) is 36.5 Å².